The number of carbonyl (C=O) groups is 2. The van der Waals surface area contributed by atoms with Gasteiger partial charge in [-0.05, 0) is 39.1 Å². The van der Waals surface area contributed by atoms with Crippen molar-refractivity contribution in [2.24, 2.45) is 0 Å². The van der Waals surface area contributed by atoms with Crippen LogP contribution in [0.15, 0.2) is 18.5 Å². The molecule has 0 bridgehead atoms. The number of hydrogen-bond acceptors (Lipinski definition) is 11. The summed E-state index contributed by atoms with van der Waals surface area (Å²) in [5.74, 6) is -0.220. The lowest BCUT2D eigenvalue weighted by atomic mass is 10.0. The van der Waals surface area contributed by atoms with Crippen molar-refractivity contribution in [1.82, 2.24) is 19.5 Å². The van der Waals surface area contributed by atoms with E-state index in [1.54, 1.807) is 35.6 Å². The van der Waals surface area contributed by atoms with Crippen LogP contribution in [0.4, 0.5) is 10.6 Å². The van der Waals surface area contributed by atoms with Gasteiger partial charge in [0.1, 0.15) is 30.6 Å². The number of nitriles is 1. The number of anilines is 1. The van der Waals surface area contributed by atoms with E-state index in [9.17, 15) is 14.9 Å². The zero-order valence-electron chi connectivity index (χ0n) is 20.2. The van der Waals surface area contributed by atoms with Crippen LogP contribution in [-0.2, 0) is 23.7 Å². The normalized spacial score (nSPS) is 20.2. The number of nitrogens with zero attached hydrogens (tertiary/aromatic N) is 5. The lowest BCUT2D eigenvalue weighted by molar-refractivity contribution is -0.169. The van der Waals surface area contributed by atoms with Crippen LogP contribution in [0, 0.1) is 11.3 Å². The molecule has 12 nitrogen and oxygen atoms in total. The minimum atomic E-state index is -1.34. The number of esters is 1. The maximum atomic E-state index is 11.9. The predicted octanol–water partition coefficient (Wildman–Crippen LogP) is 2.45. The first-order valence-corrected chi connectivity index (χ1v) is 11.0. The molecular formula is C22H32N6O6. The zero-order chi connectivity index (χ0) is 25.3. The molecule has 0 aromatic carbocycles. The first kappa shape index (κ1) is 26.8. The highest BCUT2D eigenvalue weighted by atomic mass is 16.8. The molecule has 1 saturated heterocycles. The number of hydrogen-bond donors (Lipinski definition) is 1. The molecule has 0 amide bonds. The van der Waals surface area contributed by atoms with Crippen molar-refractivity contribution in [1.29, 1.82) is 5.26 Å². The highest BCUT2D eigenvalue weighted by Crippen LogP contribution is 2.40. The second-order valence-corrected chi connectivity index (χ2v) is 8.11. The van der Waals surface area contributed by atoms with Crippen LogP contribution in [0.5, 0.6) is 0 Å². The number of aromatic nitrogens is 3. The summed E-state index contributed by atoms with van der Waals surface area (Å²) < 4.78 is 22.5. The van der Waals surface area contributed by atoms with Crippen LogP contribution in [0.2, 0.25) is 0 Å². The zero-order valence-corrected chi connectivity index (χ0v) is 20.2. The van der Waals surface area contributed by atoms with Crippen molar-refractivity contribution in [2.75, 3.05) is 33.0 Å². The number of fused-ring (bicyclic) bond motifs is 1. The summed E-state index contributed by atoms with van der Waals surface area (Å²) >= 11 is 0. The van der Waals surface area contributed by atoms with Gasteiger partial charge < -0.3 is 24.7 Å². The molecule has 3 heterocycles. The maximum absolute atomic E-state index is 11.9. The van der Waals surface area contributed by atoms with E-state index in [0.29, 0.717) is 29.9 Å². The Kier molecular flexibility index (Phi) is 9.58. The molecule has 3 atom stereocenters. The molecule has 186 valence electrons. The van der Waals surface area contributed by atoms with Gasteiger partial charge in [-0.1, -0.05) is 20.3 Å². The molecule has 2 aromatic heterocycles. The first-order chi connectivity index (χ1) is 16.1. The molecule has 1 fully saturated rings. The Morgan fingerprint density at radius 3 is 2.74 bits per heavy atom. The summed E-state index contributed by atoms with van der Waals surface area (Å²) in [6, 6.07) is 5.65. The average molecular weight is 477 g/mol. The monoisotopic (exact) mass is 476 g/mol. The molecule has 0 spiro atoms. The van der Waals surface area contributed by atoms with Crippen LogP contribution in [-0.4, -0.2) is 70.8 Å². The lowest BCUT2D eigenvalue weighted by Crippen LogP contribution is -2.35. The van der Waals surface area contributed by atoms with Gasteiger partial charge in [0, 0.05) is 6.92 Å². The van der Waals surface area contributed by atoms with Crippen molar-refractivity contribution < 1.29 is 28.5 Å². The van der Waals surface area contributed by atoms with Gasteiger partial charge in [-0.3, -0.25) is 9.69 Å². The van der Waals surface area contributed by atoms with Gasteiger partial charge in [0.15, 0.2) is 11.4 Å². The maximum Gasteiger partial charge on any atom is 0.511 e. The summed E-state index contributed by atoms with van der Waals surface area (Å²) in [7, 11) is 3.41. The van der Waals surface area contributed by atoms with Crippen molar-refractivity contribution in [3.05, 3.63) is 24.2 Å². The molecule has 0 saturated carbocycles. The summed E-state index contributed by atoms with van der Waals surface area (Å²) in [6.07, 6.45) is 0.794. The number of nitrogen functional groups attached to an aromatic ring is 1. The number of rotatable bonds is 7. The third-order valence-corrected chi connectivity index (χ3v) is 4.65. The Labute approximate surface area is 198 Å². The van der Waals surface area contributed by atoms with E-state index >= 15 is 0 Å². The summed E-state index contributed by atoms with van der Waals surface area (Å²) in [5.41, 5.74) is 5.86. The van der Waals surface area contributed by atoms with Gasteiger partial charge >= 0.3 is 12.1 Å². The Bertz CT molecular complexity index is 1020. The molecule has 2 N–H and O–H groups in total. The fourth-order valence-corrected chi connectivity index (χ4v) is 3.25. The van der Waals surface area contributed by atoms with Crippen molar-refractivity contribution in [2.45, 2.75) is 58.0 Å². The predicted molar refractivity (Wildman–Crippen MR) is 121 cm³/mol. The molecule has 2 aromatic rings. The van der Waals surface area contributed by atoms with Crippen LogP contribution in [0.25, 0.3) is 5.52 Å². The number of ether oxygens (including phenoxy) is 4. The van der Waals surface area contributed by atoms with E-state index < -0.39 is 30.1 Å². The SMILES string of the molecule is CC(OC(=O)CN(C)C)OC(=O)OCC1(C#N)CCC(c2ccc3c(N)ncnn23)O1.CCC. The topological polar surface area (TPSA) is 154 Å². The molecule has 34 heavy (non-hydrogen) atoms. The fourth-order valence-electron chi connectivity index (χ4n) is 3.25. The molecule has 12 heteroatoms. The average Bonchev–Trinajstić information content (AvgIpc) is 3.37. The van der Waals surface area contributed by atoms with Gasteiger partial charge in [-0.2, -0.15) is 10.4 Å². The summed E-state index contributed by atoms with van der Waals surface area (Å²) in [6.45, 7) is 5.35. The van der Waals surface area contributed by atoms with Crippen molar-refractivity contribution in [3.8, 4) is 6.07 Å². The first-order valence-electron chi connectivity index (χ1n) is 11.0. The summed E-state index contributed by atoms with van der Waals surface area (Å²) in [5, 5.41) is 13.8. The molecule has 0 aliphatic carbocycles. The van der Waals surface area contributed by atoms with Gasteiger partial charge in [0.05, 0.1) is 12.2 Å². The van der Waals surface area contributed by atoms with E-state index in [0.717, 1.165) is 0 Å². The summed E-state index contributed by atoms with van der Waals surface area (Å²) in [4.78, 5) is 29.1. The van der Waals surface area contributed by atoms with Crippen LogP contribution >= 0.6 is 0 Å². The molecule has 0 radical (unpaired) electrons. The third-order valence-electron chi connectivity index (χ3n) is 4.65. The van der Waals surface area contributed by atoms with E-state index in [1.807, 2.05) is 0 Å². The smallest absolute Gasteiger partial charge is 0.430 e. The van der Waals surface area contributed by atoms with Crippen LogP contribution < -0.4 is 5.73 Å². The van der Waals surface area contributed by atoms with Crippen molar-refractivity contribution in [3.63, 3.8) is 0 Å². The largest absolute Gasteiger partial charge is 0.511 e. The van der Waals surface area contributed by atoms with Gasteiger partial charge in [0.2, 0.25) is 6.29 Å². The molecule has 3 rings (SSSR count). The molecule has 1 aliphatic rings. The fraction of sp³-hybridized carbons (Fsp3) is 0.591. The second kappa shape index (κ2) is 12.2. The quantitative estimate of drug-likeness (QED) is 0.463. The molecule has 1 aliphatic heterocycles. The number of nitrogens with two attached hydrogens (primary N) is 1. The number of carbonyl (C=O) groups excluding carboxylic acids is 2. The minimum Gasteiger partial charge on any atom is -0.430 e. The van der Waals surface area contributed by atoms with E-state index in [2.05, 4.69) is 30.0 Å². The van der Waals surface area contributed by atoms with Gasteiger partial charge in [-0.15, -0.1) is 0 Å². The van der Waals surface area contributed by atoms with Crippen LogP contribution in [0.1, 0.15) is 51.8 Å². The number of likely N-dealkylation sites (N-methyl/N-ethyl adjacent to an activating group) is 1. The molecule has 3 unspecified atom stereocenters. The van der Waals surface area contributed by atoms with Gasteiger partial charge in [0.25, 0.3) is 0 Å². The van der Waals surface area contributed by atoms with Gasteiger partial charge in [-0.25, -0.2) is 14.3 Å². The standard InChI is InChI=1S/C19H24N6O6.C3H8/c1-12(29-16(26)8-24(2)3)30-18(27)28-10-19(9-20)7-6-15(31-19)13-4-5-14-17(21)22-11-23-25(13)14;1-3-2/h4-5,11-12,15H,6-8,10H2,1-3H3,(H2,21,22,23);3H2,1-2H3. The Morgan fingerprint density at radius 1 is 1.38 bits per heavy atom. The molecular weight excluding hydrogens is 444 g/mol. The highest BCUT2D eigenvalue weighted by Gasteiger charge is 2.43. The Morgan fingerprint density at radius 2 is 2.09 bits per heavy atom. The highest BCUT2D eigenvalue weighted by molar-refractivity contribution is 5.72. The second-order valence-electron chi connectivity index (χ2n) is 8.11. The van der Waals surface area contributed by atoms with E-state index in [-0.39, 0.29) is 13.2 Å². The van der Waals surface area contributed by atoms with Crippen molar-refractivity contribution >= 4 is 23.5 Å². The third kappa shape index (κ3) is 7.03. The lowest BCUT2D eigenvalue weighted by Gasteiger charge is -2.22. The van der Waals surface area contributed by atoms with E-state index in [1.165, 1.54) is 19.7 Å². The Balaban J connectivity index is 0.00000129. The minimum absolute atomic E-state index is 0.0422. The Hall–Kier alpha value is -3.43. The van der Waals surface area contributed by atoms with E-state index in [4.69, 9.17) is 24.7 Å². The van der Waals surface area contributed by atoms with Crippen LogP contribution in [0.3, 0.4) is 0 Å².